The molecule has 5 nitrogen and oxygen atoms in total. The van der Waals surface area contributed by atoms with Gasteiger partial charge in [0.1, 0.15) is 11.4 Å². The lowest BCUT2D eigenvalue weighted by atomic mass is 10.1. The van der Waals surface area contributed by atoms with Crippen molar-refractivity contribution in [1.29, 1.82) is 0 Å². The maximum atomic E-state index is 10.9. The predicted octanol–water partition coefficient (Wildman–Crippen LogP) is 3.95. The summed E-state index contributed by atoms with van der Waals surface area (Å²) in [7, 11) is 1.61. The van der Waals surface area contributed by atoms with Crippen molar-refractivity contribution < 1.29 is 14.6 Å². The molecule has 0 unspecified atom stereocenters. The van der Waals surface area contributed by atoms with Gasteiger partial charge in [-0.1, -0.05) is 24.3 Å². The van der Waals surface area contributed by atoms with Crippen molar-refractivity contribution in [3.05, 3.63) is 71.9 Å². The molecule has 1 aromatic heterocycles. The minimum absolute atomic E-state index is 0.693. The highest BCUT2D eigenvalue weighted by molar-refractivity contribution is 5.87. The molecule has 0 saturated heterocycles. The highest BCUT2D eigenvalue weighted by Gasteiger charge is 2.12. The molecule has 0 aliphatic heterocycles. The van der Waals surface area contributed by atoms with Crippen molar-refractivity contribution in [2.24, 2.45) is 0 Å². The standard InChI is InChI=1S/C20H18N2O3/c1-14-5-3-7-17(11-14)22-13-16(9-10-19(23)24)20(21-22)15-6-4-8-18(12-15)25-2/h3-13H,1-2H3,(H,23,24)/b10-9+. The molecule has 0 spiro atoms. The average Bonchev–Trinajstić information content (AvgIpc) is 3.04. The molecule has 0 atom stereocenters. The smallest absolute Gasteiger partial charge is 0.328 e. The van der Waals surface area contributed by atoms with Gasteiger partial charge < -0.3 is 9.84 Å². The van der Waals surface area contributed by atoms with E-state index < -0.39 is 5.97 Å². The SMILES string of the molecule is COc1cccc(-c2nn(-c3cccc(C)c3)cc2/C=C/C(=O)O)c1. The second kappa shape index (κ2) is 7.05. The fourth-order valence-electron chi connectivity index (χ4n) is 2.57. The zero-order chi connectivity index (χ0) is 17.8. The van der Waals surface area contributed by atoms with Gasteiger partial charge >= 0.3 is 5.97 Å². The third-order valence-electron chi connectivity index (χ3n) is 3.76. The normalized spacial score (nSPS) is 11.0. The Morgan fingerprint density at radius 3 is 2.72 bits per heavy atom. The second-order valence-electron chi connectivity index (χ2n) is 5.62. The maximum Gasteiger partial charge on any atom is 0.328 e. The van der Waals surface area contributed by atoms with Crippen LogP contribution in [0.3, 0.4) is 0 Å². The number of hydrogen-bond acceptors (Lipinski definition) is 3. The minimum Gasteiger partial charge on any atom is -0.497 e. The molecule has 3 rings (SSSR count). The van der Waals surface area contributed by atoms with Gasteiger partial charge in [0.05, 0.1) is 12.8 Å². The van der Waals surface area contributed by atoms with E-state index in [1.807, 2.05) is 61.7 Å². The number of carboxylic acids is 1. The first kappa shape index (κ1) is 16.5. The molecule has 0 amide bonds. The van der Waals surface area contributed by atoms with Gasteiger partial charge in [-0.25, -0.2) is 9.48 Å². The van der Waals surface area contributed by atoms with Gasteiger partial charge in [-0.2, -0.15) is 5.10 Å². The van der Waals surface area contributed by atoms with E-state index >= 15 is 0 Å². The predicted molar refractivity (Wildman–Crippen MR) is 97.0 cm³/mol. The molecule has 1 N–H and O–H groups in total. The Balaban J connectivity index is 2.13. The van der Waals surface area contributed by atoms with Gasteiger partial charge in [-0.05, 0) is 42.8 Å². The molecular formula is C20H18N2O3. The largest absolute Gasteiger partial charge is 0.497 e. The lowest BCUT2D eigenvalue weighted by Gasteiger charge is -2.04. The van der Waals surface area contributed by atoms with Crippen molar-refractivity contribution in [3.8, 4) is 22.7 Å². The Morgan fingerprint density at radius 1 is 1.20 bits per heavy atom. The van der Waals surface area contributed by atoms with Crippen LogP contribution in [0.15, 0.2) is 60.8 Å². The Hall–Kier alpha value is -3.34. The molecule has 3 aromatic rings. The van der Waals surface area contributed by atoms with Gasteiger partial charge in [-0.3, -0.25) is 0 Å². The number of methoxy groups -OCH3 is 1. The number of carbonyl (C=O) groups is 1. The molecule has 0 aliphatic rings. The Kier molecular flexibility index (Phi) is 4.66. The van der Waals surface area contributed by atoms with E-state index in [-0.39, 0.29) is 0 Å². The fourth-order valence-corrected chi connectivity index (χ4v) is 2.57. The minimum atomic E-state index is -1.00. The molecule has 1 heterocycles. The molecule has 126 valence electrons. The van der Waals surface area contributed by atoms with E-state index in [9.17, 15) is 4.79 Å². The van der Waals surface area contributed by atoms with Gasteiger partial charge in [0.2, 0.25) is 0 Å². The van der Waals surface area contributed by atoms with Gasteiger partial charge in [0.15, 0.2) is 0 Å². The average molecular weight is 334 g/mol. The quantitative estimate of drug-likeness (QED) is 0.718. The van der Waals surface area contributed by atoms with E-state index in [1.165, 1.54) is 0 Å². The summed E-state index contributed by atoms with van der Waals surface area (Å²) in [6.07, 6.45) is 4.49. The van der Waals surface area contributed by atoms with Crippen LogP contribution in [0, 0.1) is 6.92 Å². The van der Waals surface area contributed by atoms with E-state index in [0.29, 0.717) is 5.69 Å². The number of ether oxygens (including phenoxy) is 1. The number of aliphatic carboxylic acids is 1. The summed E-state index contributed by atoms with van der Waals surface area (Å²) in [6.45, 7) is 2.02. The van der Waals surface area contributed by atoms with Crippen LogP contribution in [0.2, 0.25) is 0 Å². The fraction of sp³-hybridized carbons (Fsp3) is 0.100. The third kappa shape index (κ3) is 3.77. The number of nitrogens with zero attached hydrogens (tertiary/aromatic N) is 2. The first-order valence-corrected chi connectivity index (χ1v) is 7.79. The Bertz CT molecular complexity index is 942. The molecule has 0 bridgehead atoms. The summed E-state index contributed by atoms with van der Waals surface area (Å²) in [5.74, 6) is -0.282. The number of aromatic nitrogens is 2. The van der Waals surface area contributed by atoms with Crippen molar-refractivity contribution in [1.82, 2.24) is 9.78 Å². The molecule has 0 aliphatic carbocycles. The zero-order valence-electron chi connectivity index (χ0n) is 14.0. The zero-order valence-corrected chi connectivity index (χ0v) is 14.0. The molecule has 5 heteroatoms. The number of benzene rings is 2. The molecular weight excluding hydrogens is 316 g/mol. The van der Waals surface area contributed by atoms with Gasteiger partial charge in [0.25, 0.3) is 0 Å². The van der Waals surface area contributed by atoms with E-state index in [2.05, 4.69) is 5.10 Å². The molecule has 0 saturated carbocycles. The number of hydrogen-bond donors (Lipinski definition) is 1. The highest BCUT2D eigenvalue weighted by Crippen LogP contribution is 2.27. The van der Waals surface area contributed by atoms with Crippen LogP contribution in [0.1, 0.15) is 11.1 Å². The van der Waals surface area contributed by atoms with Gasteiger partial charge in [-0.15, -0.1) is 0 Å². The summed E-state index contributed by atoms with van der Waals surface area (Å²) in [5, 5.41) is 13.6. The maximum absolute atomic E-state index is 10.9. The van der Waals surface area contributed by atoms with Crippen molar-refractivity contribution in [2.75, 3.05) is 7.11 Å². The van der Waals surface area contributed by atoms with Crippen LogP contribution in [-0.2, 0) is 4.79 Å². The number of carboxylic acid groups (broad SMARTS) is 1. The Labute approximate surface area is 145 Å². The van der Waals surface area contributed by atoms with Crippen molar-refractivity contribution >= 4 is 12.0 Å². The topological polar surface area (TPSA) is 64.4 Å². The van der Waals surface area contributed by atoms with Gasteiger partial charge in [0, 0.05) is 23.4 Å². The highest BCUT2D eigenvalue weighted by atomic mass is 16.5. The van der Waals surface area contributed by atoms with E-state index in [4.69, 9.17) is 9.84 Å². The summed E-state index contributed by atoms with van der Waals surface area (Å²) in [5.41, 5.74) is 4.31. The number of aryl methyl sites for hydroxylation is 1. The van der Waals surface area contributed by atoms with Crippen LogP contribution in [0.4, 0.5) is 0 Å². The van der Waals surface area contributed by atoms with E-state index in [1.54, 1.807) is 17.9 Å². The first-order valence-electron chi connectivity index (χ1n) is 7.79. The van der Waals surface area contributed by atoms with Crippen molar-refractivity contribution in [3.63, 3.8) is 0 Å². The summed E-state index contributed by atoms with van der Waals surface area (Å²) in [4.78, 5) is 10.9. The Morgan fingerprint density at radius 2 is 2.00 bits per heavy atom. The second-order valence-corrected chi connectivity index (χ2v) is 5.62. The van der Waals surface area contributed by atoms with Crippen LogP contribution >= 0.6 is 0 Å². The van der Waals surface area contributed by atoms with Crippen LogP contribution in [-0.4, -0.2) is 28.0 Å². The number of rotatable bonds is 5. The van der Waals surface area contributed by atoms with Crippen molar-refractivity contribution in [2.45, 2.75) is 6.92 Å². The lowest BCUT2D eigenvalue weighted by Crippen LogP contribution is -1.95. The lowest BCUT2D eigenvalue weighted by molar-refractivity contribution is -0.131. The summed E-state index contributed by atoms with van der Waals surface area (Å²) >= 11 is 0. The van der Waals surface area contributed by atoms with E-state index in [0.717, 1.165) is 34.2 Å². The third-order valence-corrected chi connectivity index (χ3v) is 3.76. The molecule has 25 heavy (non-hydrogen) atoms. The van der Waals surface area contributed by atoms with Crippen LogP contribution in [0.25, 0.3) is 23.0 Å². The molecule has 0 radical (unpaired) electrons. The molecule has 2 aromatic carbocycles. The van der Waals surface area contributed by atoms with Crippen LogP contribution < -0.4 is 4.74 Å². The monoisotopic (exact) mass is 334 g/mol. The first-order chi connectivity index (χ1) is 12.1. The van der Waals surface area contributed by atoms with Crippen LogP contribution in [0.5, 0.6) is 5.75 Å². The summed E-state index contributed by atoms with van der Waals surface area (Å²) in [6, 6.07) is 15.5. The summed E-state index contributed by atoms with van der Waals surface area (Å²) < 4.78 is 7.03. The molecule has 0 fully saturated rings.